The van der Waals surface area contributed by atoms with Crippen LogP contribution in [0.3, 0.4) is 0 Å². The number of piperidine rings is 1. The minimum absolute atomic E-state index is 0.0718. The zero-order valence-corrected chi connectivity index (χ0v) is 17.1. The van der Waals surface area contributed by atoms with E-state index in [9.17, 15) is 14.4 Å². The van der Waals surface area contributed by atoms with Gasteiger partial charge in [-0.25, -0.2) is 4.98 Å². The molecule has 1 saturated heterocycles. The summed E-state index contributed by atoms with van der Waals surface area (Å²) in [5.41, 5.74) is 1.97. The number of carbonyl (C=O) groups excluding carboxylic acids is 2. The molecule has 0 aliphatic carbocycles. The van der Waals surface area contributed by atoms with E-state index < -0.39 is 0 Å². The summed E-state index contributed by atoms with van der Waals surface area (Å²) >= 11 is 0. The Hall–Kier alpha value is -3.48. The zero-order chi connectivity index (χ0) is 21.3. The average molecular weight is 404 g/mol. The highest BCUT2D eigenvalue weighted by atomic mass is 16.2. The van der Waals surface area contributed by atoms with Gasteiger partial charge in [-0.15, -0.1) is 0 Å². The number of carbonyl (C=O) groups is 2. The van der Waals surface area contributed by atoms with Gasteiger partial charge >= 0.3 is 0 Å². The highest BCUT2D eigenvalue weighted by molar-refractivity contribution is 6.06. The molecule has 3 aromatic rings. The van der Waals surface area contributed by atoms with Gasteiger partial charge in [0.2, 0.25) is 5.91 Å². The predicted octanol–water partition coefficient (Wildman–Crippen LogP) is 2.73. The third-order valence-electron chi connectivity index (χ3n) is 5.70. The number of nitrogens with zero attached hydrogens (tertiary/aromatic N) is 3. The van der Waals surface area contributed by atoms with Crippen LogP contribution in [0.25, 0.3) is 10.9 Å². The van der Waals surface area contributed by atoms with Gasteiger partial charge in [-0.3, -0.25) is 14.4 Å². The highest BCUT2D eigenvalue weighted by Crippen LogP contribution is 2.23. The Morgan fingerprint density at radius 3 is 2.53 bits per heavy atom. The number of benzene rings is 1. The summed E-state index contributed by atoms with van der Waals surface area (Å²) in [6.07, 6.45) is 2.86. The number of anilines is 1. The molecule has 2 aromatic heterocycles. The number of fused-ring (bicyclic) bond motifs is 1. The molecule has 154 valence electrons. The number of amides is 2. The van der Waals surface area contributed by atoms with Crippen LogP contribution in [0.4, 0.5) is 5.82 Å². The van der Waals surface area contributed by atoms with Crippen LogP contribution in [0.2, 0.25) is 0 Å². The molecule has 30 heavy (non-hydrogen) atoms. The van der Waals surface area contributed by atoms with Crippen LogP contribution < -0.4 is 10.9 Å². The maximum atomic E-state index is 13.1. The van der Waals surface area contributed by atoms with Crippen molar-refractivity contribution < 1.29 is 9.59 Å². The number of hydrogen-bond acceptors (Lipinski definition) is 4. The number of hydrogen-bond donors (Lipinski definition) is 1. The van der Waals surface area contributed by atoms with E-state index in [1.54, 1.807) is 28.8 Å². The van der Waals surface area contributed by atoms with Crippen molar-refractivity contribution in [3.8, 4) is 0 Å². The van der Waals surface area contributed by atoms with E-state index in [4.69, 9.17) is 0 Å². The van der Waals surface area contributed by atoms with E-state index in [2.05, 4.69) is 10.3 Å². The largest absolute Gasteiger partial charge is 0.339 e. The third kappa shape index (κ3) is 3.83. The monoisotopic (exact) mass is 404 g/mol. The van der Waals surface area contributed by atoms with Crippen LogP contribution in [0.1, 0.15) is 28.8 Å². The molecule has 0 atom stereocenters. The number of aromatic nitrogens is 2. The van der Waals surface area contributed by atoms with E-state index >= 15 is 0 Å². The molecule has 1 aliphatic rings. The maximum absolute atomic E-state index is 13.1. The summed E-state index contributed by atoms with van der Waals surface area (Å²) in [6, 6.07) is 12.5. The summed E-state index contributed by atoms with van der Waals surface area (Å²) in [5, 5.41) is 3.61. The van der Waals surface area contributed by atoms with Gasteiger partial charge in [0.1, 0.15) is 5.82 Å². The van der Waals surface area contributed by atoms with Crippen molar-refractivity contribution in [3.63, 3.8) is 0 Å². The predicted molar refractivity (Wildman–Crippen MR) is 115 cm³/mol. The lowest BCUT2D eigenvalue weighted by atomic mass is 9.95. The second-order valence-electron chi connectivity index (χ2n) is 7.75. The van der Waals surface area contributed by atoms with E-state index in [0.717, 1.165) is 16.5 Å². The van der Waals surface area contributed by atoms with E-state index in [-0.39, 0.29) is 23.3 Å². The fourth-order valence-electron chi connectivity index (χ4n) is 3.87. The van der Waals surface area contributed by atoms with Crippen molar-refractivity contribution in [2.45, 2.75) is 19.8 Å². The first kappa shape index (κ1) is 19.8. The Bertz CT molecular complexity index is 1160. The molecule has 7 heteroatoms. The van der Waals surface area contributed by atoms with E-state index in [0.29, 0.717) is 37.3 Å². The third-order valence-corrected chi connectivity index (χ3v) is 5.70. The molecule has 4 rings (SSSR count). The molecular weight excluding hydrogens is 380 g/mol. The molecule has 7 nitrogen and oxygen atoms in total. The Morgan fingerprint density at radius 1 is 1.10 bits per heavy atom. The number of nitrogens with one attached hydrogen (secondary N) is 1. The fourth-order valence-corrected chi connectivity index (χ4v) is 3.87. The van der Waals surface area contributed by atoms with Crippen molar-refractivity contribution >= 4 is 28.5 Å². The number of para-hydroxylation sites is 1. The fraction of sp³-hybridized carbons (Fsp3) is 0.304. The van der Waals surface area contributed by atoms with Crippen LogP contribution in [-0.4, -0.2) is 39.4 Å². The molecule has 1 aliphatic heterocycles. The van der Waals surface area contributed by atoms with Gasteiger partial charge in [0.25, 0.3) is 11.5 Å². The molecule has 1 N–H and O–H groups in total. The van der Waals surface area contributed by atoms with Crippen LogP contribution in [-0.2, 0) is 11.8 Å². The van der Waals surface area contributed by atoms with Gasteiger partial charge in [-0.2, -0.15) is 0 Å². The Kier molecular flexibility index (Phi) is 5.35. The first-order valence-corrected chi connectivity index (χ1v) is 10.1. The van der Waals surface area contributed by atoms with Crippen molar-refractivity contribution in [1.29, 1.82) is 0 Å². The molecule has 0 spiro atoms. The van der Waals surface area contributed by atoms with Gasteiger partial charge in [-0.05, 0) is 37.5 Å². The summed E-state index contributed by atoms with van der Waals surface area (Å²) < 4.78 is 1.54. The topological polar surface area (TPSA) is 84.3 Å². The molecule has 0 radical (unpaired) electrons. The van der Waals surface area contributed by atoms with Gasteiger partial charge in [-0.1, -0.05) is 24.3 Å². The van der Waals surface area contributed by atoms with Gasteiger partial charge in [0, 0.05) is 43.7 Å². The smallest absolute Gasteiger partial charge is 0.254 e. The summed E-state index contributed by atoms with van der Waals surface area (Å²) in [4.78, 5) is 44.0. The Labute approximate surface area is 174 Å². The molecule has 2 amide bonds. The molecule has 1 aromatic carbocycles. The average Bonchev–Trinajstić information content (AvgIpc) is 2.77. The van der Waals surface area contributed by atoms with Crippen molar-refractivity contribution in [2.24, 2.45) is 13.0 Å². The number of pyridine rings is 2. The van der Waals surface area contributed by atoms with Gasteiger partial charge < -0.3 is 14.8 Å². The minimum atomic E-state index is -0.211. The van der Waals surface area contributed by atoms with Gasteiger partial charge in [0.05, 0.1) is 11.1 Å². The van der Waals surface area contributed by atoms with Crippen LogP contribution >= 0.6 is 0 Å². The minimum Gasteiger partial charge on any atom is -0.339 e. The van der Waals surface area contributed by atoms with Crippen molar-refractivity contribution in [1.82, 2.24) is 14.5 Å². The highest BCUT2D eigenvalue weighted by Gasteiger charge is 2.29. The SMILES string of the molecule is Cc1ccc(NC(=O)C2CCN(C(=O)c3cc(=O)n(C)c4ccccc34)CC2)nc1. The lowest BCUT2D eigenvalue weighted by Gasteiger charge is -2.31. The first-order valence-electron chi connectivity index (χ1n) is 10.1. The molecular formula is C23H24N4O3. The molecule has 3 heterocycles. The standard InChI is InChI=1S/C23H24N4O3/c1-15-7-8-20(24-14-15)25-22(29)16-9-11-27(12-10-16)23(30)18-13-21(28)26(2)19-6-4-3-5-17(18)19/h3-8,13-14,16H,9-12H2,1-2H3,(H,24,25,29). The van der Waals surface area contributed by atoms with Crippen molar-refractivity contribution in [3.05, 3.63) is 70.1 Å². The Morgan fingerprint density at radius 2 is 1.83 bits per heavy atom. The molecule has 0 unspecified atom stereocenters. The lowest BCUT2D eigenvalue weighted by molar-refractivity contribution is -0.121. The number of likely N-dealkylation sites (tertiary alicyclic amines) is 1. The number of aryl methyl sites for hydroxylation is 2. The summed E-state index contributed by atoms with van der Waals surface area (Å²) in [7, 11) is 1.70. The second-order valence-corrected chi connectivity index (χ2v) is 7.75. The molecule has 0 saturated carbocycles. The van der Waals surface area contributed by atoms with Crippen LogP contribution in [0.15, 0.2) is 53.5 Å². The zero-order valence-electron chi connectivity index (χ0n) is 17.1. The summed E-state index contributed by atoms with van der Waals surface area (Å²) in [6.45, 7) is 2.89. The van der Waals surface area contributed by atoms with Crippen molar-refractivity contribution in [2.75, 3.05) is 18.4 Å². The van der Waals surface area contributed by atoms with E-state index in [1.807, 2.05) is 37.3 Å². The normalized spacial score (nSPS) is 14.7. The lowest BCUT2D eigenvalue weighted by Crippen LogP contribution is -2.42. The quantitative estimate of drug-likeness (QED) is 0.728. The van der Waals surface area contributed by atoms with E-state index in [1.165, 1.54) is 6.07 Å². The second kappa shape index (κ2) is 8.10. The number of rotatable bonds is 3. The summed E-state index contributed by atoms with van der Waals surface area (Å²) in [5.74, 6) is 0.133. The Balaban J connectivity index is 1.46. The first-order chi connectivity index (χ1) is 14.4. The van der Waals surface area contributed by atoms with Crippen LogP contribution in [0.5, 0.6) is 0 Å². The van der Waals surface area contributed by atoms with Crippen LogP contribution in [0, 0.1) is 12.8 Å². The maximum Gasteiger partial charge on any atom is 0.254 e. The molecule has 1 fully saturated rings. The van der Waals surface area contributed by atoms with Gasteiger partial charge in [0.15, 0.2) is 0 Å². The molecule has 0 bridgehead atoms.